The van der Waals surface area contributed by atoms with Crippen LogP contribution in [0, 0.1) is 0 Å². The number of hydrogen-bond acceptors (Lipinski definition) is 3. The predicted molar refractivity (Wildman–Crippen MR) is 118 cm³/mol. The van der Waals surface area contributed by atoms with Gasteiger partial charge in [0.1, 0.15) is 0 Å². The molecule has 0 heterocycles. The molecule has 2 N–H and O–H groups in total. The minimum Gasteiger partial charge on any atom is -0.378 e. The van der Waals surface area contributed by atoms with Gasteiger partial charge in [0.05, 0.1) is 0 Å². The highest BCUT2D eigenvalue weighted by molar-refractivity contribution is 7.85. The van der Waals surface area contributed by atoms with Crippen molar-refractivity contribution in [2.24, 2.45) is 4.99 Å². The average Bonchev–Trinajstić information content (AvgIpc) is 2.70. The van der Waals surface area contributed by atoms with E-state index in [9.17, 15) is 4.21 Å². The molecule has 0 aromatic heterocycles. The number of guanidine groups is 1. The normalized spacial score (nSPS) is 21.6. The lowest BCUT2D eigenvalue weighted by molar-refractivity contribution is 0.413. The van der Waals surface area contributed by atoms with Gasteiger partial charge >= 0.3 is 0 Å². The lowest BCUT2D eigenvalue weighted by Gasteiger charge is -2.30. The zero-order valence-corrected chi connectivity index (χ0v) is 18.1. The smallest absolute Gasteiger partial charge is 0.191 e. The third-order valence-corrected chi connectivity index (χ3v) is 6.98. The molecule has 3 unspecified atom stereocenters. The topological polar surface area (TPSA) is 56.7 Å². The van der Waals surface area contributed by atoms with E-state index in [-0.39, 0.29) is 0 Å². The van der Waals surface area contributed by atoms with E-state index in [4.69, 9.17) is 0 Å². The molecule has 1 aliphatic rings. The van der Waals surface area contributed by atoms with Gasteiger partial charge in [0.15, 0.2) is 5.96 Å². The summed E-state index contributed by atoms with van der Waals surface area (Å²) in [6.45, 7) is 2.91. The predicted octanol–water partition coefficient (Wildman–Crippen LogP) is 2.93. The third kappa shape index (κ3) is 7.17. The van der Waals surface area contributed by atoms with E-state index < -0.39 is 10.8 Å². The lowest BCUT2D eigenvalue weighted by Crippen LogP contribution is -2.46. The summed E-state index contributed by atoms with van der Waals surface area (Å²) in [5.41, 5.74) is 2.60. The van der Waals surface area contributed by atoms with Crippen LogP contribution >= 0.6 is 0 Å². The largest absolute Gasteiger partial charge is 0.378 e. The monoisotopic (exact) mass is 392 g/mol. The van der Waals surface area contributed by atoms with Crippen molar-refractivity contribution in [2.45, 2.75) is 56.7 Å². The second-order valence-electron chi connectivity index (χ2n) is 7.46. The van der Waals surface area contributed by atoms with Crippen LogP contribution in [0.4, 0.5) is 5.69 Å². The second kappa shape index (κ2) is 11.3. The van der Waals surface area contributed by atoms with Crippen LogP contribution in [0.25, 0.3) is 0 Å². The molecule has 0 spiro atoms. The highest BCUT2D eigenvalue weighted by Gasteiger charge is 2.25. The van der Waals surface area contributed by atoms with E-state index >= 15 is 0 Å². The van der Waals surface area contributed by atoms with Crippen LogP contribution < -0.4 is 15.5 Å². The molecule has 0 saturated heterocycles. The Labute approximate surface area is 167 Å². The maximum absolute atomic E-state index is 12.1. The fraction of sp³-hybridized carbons (Fsp3) is 0.667. The summed E-state index contributed by atoms with van der Waals surface area (Å²) in [6, 6.07) is 9.13. The SMILES string of the molecule is CCS(=O)C1CCCC(NC(=NC)NCCCc2ccc(N(C)C)cc2)C1. The van der Waals surface area contributed by atoms with Crippen molar-refractivity contribution in [2.75, 3.05) is 38.3 Å². The van der Waals surface area contributed by atoms with Crippen LogP contribution in [0.1, 0.15) is 44.6 Å². The highest BCUT2D eigenvalue weighted by Crippen LogP contribution is 2.23. The third-order valence-electron chi connectivity index (χ3n) is 5.23. The van der Waals surface area contributed by atoms with E-state index in [0.29, 0.717) is 11.3 Å². The number of aryl methyl sites for hydroxylation is 1. The number of benzene rings is 1. The highest BCUT2D eigenvalue weighted by atomic mass is 32.2. The molecule has 1 aromatic rings. The zero-order chi connectivity index (χ0) is 19.6. The summed E-state index contributed by atoms with van der Waals surface area (Å²) < 4.78 is 12.1. The second-order valence-corrected chi connectivity index (χ2v) is 9.47. The number of nitrogens with zero attached hydrogens (tertiary/aromatic N) is 2. The molecule has 2 rings (SSSR count). The Hall–Kier alpha value is -1.56. The molecular formula is C21H36N4OS. The number of rotatable bonds is 8. The standard InChI is InChI=1S/C21H36N4OS/c1-5-27(26)20-10-6-9-18(16-20)24-21(22-2)23-15-7-8-17-11-13-19(14-12-17)25(3)4/h11-14,18,20H,5-10,15-16H2,1-4H3,(H2,22,23,24). The number of nitrogens with one attached hydrogen (secondary N) is 2. The van der Waals surface area contributed by atoms with Crippen LogP contribution in [-0.4, -0.2) is 54.9 Å². The minimum atomic E-state index is -0.687. The fourth-order valence-corrected chi connectivity index (χ4v) is 4.95. The van der Waals surface area contributed by atoms with Gasteiger partial charge in [0, 0.05) is 61.2 Å². The summed E-state index contributed by atoms with van der Waals surface area (Å²) in [5.74, 6) is 1.63. The first-order valence-corrected chi connectivity index (χ1v) is 11.5. The van der Waals surface area contributed by atoms with Crippen molar-refractivity contribution in [1.29, 1.82) is 0 Å². The van der Waals surface area contributed by atoms with Gasteiger partial charge in [0.25, 0.3) is 0 Å². The van der Waals surface area contributed by atoms with Gasteiger partial charge < -0.3 is 15.5 Å². The molecular weight excluding hydrogens is 356 g/mol. The van der Waals surface area contributed by atoms with Crippen LogP contribution in [0.5, 0.6) is 0 Å². The van der Waals surface area contributed by atoms with Gasteiger partial charge in [-0.25, -0.2) is 0 Å². The number of anilines is 1. The summed E-state index contributed by atoms with van der Waals surface area (Å²) in [5, 5.41) is 7.30. The van der Waals surface area contributed by atoms with Gasteiger partial charge in [-0.05, 0) is 49.8 Å². The summed E-state index contributed by atoms with van der Waals surface area (Å²) in [6.07, 6.45) is 6.48. The van der Waals surface area contributed by atoms with E-state index in [1.165, 1.54) is 11.3 Å². The molecule has 5 nitrogen and oxygen atoms in total. The van der Waals surface area contributed by atoms with Gasteiger partial charge in [-0.2, -0.15) is 0 Å². The molecule has 1 aromatic carbocycles. The Kier molecular flexibility index (Phi) is 9.11. The van der Waals surface area contributed by atoms with Crippen LogP contribution in [0.15, 0.2) is 29.3 Å². The number of hydrogen-bond donors (Lipinski definition) is 2. The van der Waals surface area contributed by atoms with Crippen LogP contribution in [-0.2, 0) is 17.2 Å². The molecule has 0 bridgehead atoms. The quantitative estimate of drug-likeness (QED) is 0.406. The van der Waals surface area contributed by atoms with Crippen LogP contribution in [0.3, 0.4) is 0 Å². The summed E-state index contributed by atoms with van der Waals surface area (Å²) >= 11 is 0. The van der Waals surface area contributed by atoms with E-state index in [2.05, 4.69) is 58.9 Å². The Bertz CT molecular complexity index is 615. The van der Waals surface area contributed by atoms with Gasteiger partial charge in [-0.15, -0.1) is 0 Å². The Morgan fingerprint density at radius 3 is 2.63 bits per heavy atom. The van der Waals surface area contributed by atoms with E-state index in [1.54, 1.807) is 0 Å². The first kappa shape index (κ1) is 21.7. The molecule has 1 fully saturated rings. The maximum atomic E-state index is 12.1. The van der Waals surface area contributed by atoms with Gasteiger partial charge in [-0.1, -0.05) is 25.5 Å². The molecule has 6 heteroatoms. The molecule has 27 heavy (non-hydrogen) atoms. The van der Waals surface area contributed by atoms with Crippen molar-refractivity contribution < 1.29 is 4.21 Å². The van der Waals surface area contributed by atoms with Gasteiger partial charge in [-0.3, -0.25) is 9.20 Å². The number of aliphatic imine (C=N–C) groups is 1. The Balaban J connectivity index is 1.71. The Morgan fingerprint density at radius 1 is 1.26 bits per heavy atom. The molecule has 152 valence electrons. The zero-order valence-electron chi connectivity index (χ0n) is 17.3. The Morgan fingerprint density at radius 2 is 2.00 bits per heavy atom. The van der Waals surface area contributed by atoms with Crippen LogP contribution in [0.2, 0.25) is 0 Å². The molecule has 3 atom stereocenters. The molecule has 1 aliphatic carbocycles. The summed E-state index contributed by atoms with van der Waals surface area (Å²) in [4.78, 5) is 6.48. The molecule has 0 radical (unpaired) electrons. The fourth-order valence-electron chi connectivity index (χ4n) is 3.60. The first-order valence-electron chi connectivity index (χ1n) is 10.1. The molecule has 0 aliphatic heterocycles. The van der Waals surface area contributed by atoms with Crippen molar-refractivity contribution >= 4 is 22.4 Å². The van der Waals surface area contributed by atoms with E-state index in [0.717, 1.165) is 56.8 Å². The minimum absolute atomic E-state index is 0.337. The maximum Gasteiger partial charge on any atom is 0.191 e. The first-order chi connectivity index (χ1) is 13.0. The van der Waals surface area contributed by atoms with Crippen molar-refractivity contribution in [3.05, 3.63) is 29.8 Å². The van der Waals surface area contributed by atoms with E-state index in [1.807, 2.05) is 14.0 Å². The summed E-state index contributed by atoms with van der Waals surface area (Å²) in [7, 11) is 5.26. The van der Waals surface area contributed by atoms with Crippen molar-refractivity contribution in [1.82, 2.24) is 10.6 Å². The molecule has 1 saturated carbocycles. The average molecular weight is 393 g/mol. The molecule has 0 amide bonds. The van der Waals surface area contributed by atoms with Crippen molar-refractivity contribution in [3.63, 3.8) is 0 Å². The lowest BCUT2D eigenvalue weighted by atomic mass is 9.95. The van der Waals surface area contributed by atoms with Crippen molar-refractivity contribution in [3.8, 4) is 0 Å². The van der Waals surface area contributed by atoms with Gasteiger partial charge in [0.2, 0.25) is 0 Å².